The number of ether oxygens (including phenoxy) is 1. The van der Waals surface area contributed by atoms with Gasteiger partial charge in [-0.3, -0.25) is 14.5 Å². The van der Waals surface area contributed by atoms with Crippen molar-refractivity contribution in [3.8, 4) is 5.75 Å². The van der Waals surface area contributed by atoms with Crippen molar-refractivity contribution in [3.05, 3.63) is 64.7 Å². The number of amides is 2. The van der Waals surface area contributed by atoms with Crippen LogP contribution in [0.2, 0.25) is 5.02 Å². The van der Waals surface area contributed by atoms with Crippen LogP contribution in [0.15, 0.2) is 48.5 Å². The van der Waals surface area contributed by atoms with Crippen LogP contribution in [0.3, 0.4) is 0 Å². The second kappa shape index (κ2) is 10.7. The fourth-order valence-electron chi connectivity index (χ4n) is 2.59. The van der Waals surface area contributed by atoms with Gasteiger partial charge < -0.3 is 15.8 Å². The largest absolute Gasteiger partial charge is 0.484 e. The van der Waals surface area contributed by atoms with Gasteiger partial charge in [-0.15, -0.1) is 0 Å². The van der Waals surface area contributed by atoms with Crippen LogP contribution in [0.5, 0.6) is 5.75 Å². The molecule has 0 saturated heterocycles. The van der Waals surface area contributed by atoms with Crippen LogP contribution in [0.1, 0.15) is 25.0 Å². The third-order valence-electron chi connectivity index (χ3n) is 4.15. The van der Waals surface area contributed by atoms with Crippen LogP contribution in [0.25, 0.3) is 0 Å². The Labute approximate surface area is 170 Å². The van der Waals surface area contributed by atoms with Gasteiger partial charge in [-0.05, 0) is 49.2 Å². The minimum absolute atomic E-state index is 0.0511. The molecule has 0 unspecified atom stereocenters. The van der Waals surface area contributed by atoms with Crippen LogP contribution in [-0.4, -0.2) is 35.9 Å². The molecule has 2 aromatic carbocycles. The van der Waals surface area contributed by atoms with Crippen molar-refractivity contribution in [1.82, 2.24) is 10.2 Å². The molecule has 0 heterocycles. The number of halogens is 1. The molecule has 0 spiro atoms. The Hall–Kier alpha value is -2.57. The van der Waals surface area contributed by atoms with Gasteiger partial charge in [-0.2, -0.15) is 0 Å². The number of nitrogens with two attached hydrogens (primary N) is 1. The predicted molar refractivity (Wildman–Crippen MR) is 110 cm³/mol. The maximum atomic E-state index is 12.4. The van der Waals surface area contributed by atoms with Crippen molar-refractivity contribution in [2.24, 2.45) is 5.73 Å². The quantitative estimate of drug-likeness (QED) is 0.638. The Morgan fingerprint density at radius 3 is 2.46 bits per heavy atom. The standard InChI is InChI=1S/C21H26ClN3O3/c1-15(2)25(12-17-4-3-5-18(22)10-17)13-21(27)24-11-16-6-8-19(9-7-16)28-14-20(23)26/h3-10,15H,11-14H2,1-2H3,(H2,23,26)(H,24,27). The van der Waals surface area contributed by atoms with E-state index in [9.17, 15) is 9.59 Å². The summed E-state index contributed by atoms with van der Waals surface area (Å²) in [7, 11) is 0. The molecule has 0 radical (unpaired) electrons. The van der Waals surface area contributed by atoms with Crippen LogP contribution in [-0.2, 0) is 22.7 Å². The van der Waals surface area contributed by atoms with Crippen molar-refractivity contribution in [3.63, 3.8) is 0 Å². The monoisotopic (exact) mass is 403 g/mol. The van der Waals surface area contributed by atoms with Crippen molar-refractivity contribution < 1.29 is 14.3 Å². The molecule has 3 N–H and O–H groups in total. The molecular formula is C21H26ClN3O3. The van der Waals surface area contributed by atoms with E-state index in [1.165, 1.54) is 0 Å². The fourth-order valence-corrected chi connectivity index (χ4v) is 2.80. The van der Waals surface area contributed by atoms with E-state index < -0.39 is 5.91 Å². The predicted octanol–water partition coefficient (Wildman–Crippen LogP) is 2.73. The second-order valence-electron chi connectivity index (χ2n) is 6.80. The molecule has 2 rings (SSSR count). The van der Waals surface area contributed by atoms with E-state index >= 15 is 0 Å². The summed E-state index contributed by atoms with van der Waals surface area (Å²) in [6.45, 7) is 5.32. The number of primary amides is 1. The summed E-state index contributed by atoms with van der Waals surface area (Å²) < 4.78 is 5.21. The first-order valence-electron chi connectivity index (χ1n) is 9.08. The summed E-state index contributed by atoms with van der Waals surface area (Å²) >= 11 is 6.05. The first-order valence-corrected chi connectivity index (χ1v) is 9.46. The van der Waals surface area contributed by atoms with Gasteiger partial charge in [0.1, 0.15) is 5.75 Å². The van der Waals surface area contributed by atoms with Gasteiger partial charge in [0.05, 0.1) is 6.54 Å². The number of carbonyl (C=O) groups excluding carboxylic acids is 2. The maximum Gasteiger partial charge on any atom is 0.255 e. The summed E-state index contributed by atoms with van der Waals surface area (Å²) in [5.74, 6) is -0.0185. The number of rotatable bonds is 10. The lowest BCUT2D eigenvalue weighted by molar-refractivity contribution is -0.123. The lowest BCUT2D eigenvalue weighted by Gasteiger charge is -2.26. The second-order valence-corrected chi connectivity index (χ2v) is 7.24. The molecule has 2 aromatic rings. The molecule has 0 saturated carbocycles. The molecule has 0 fully saturated rings. The van der Waals surface area contributed by atoms with Crippen molar-refractivity contribution in [2.45, 2.75) is 33.0 Å². The molecule has 0 atom stereocenters. The number of hydrogen-bond donors (Lipinski definition) is 2. The average Bonchev–Trinajstić information content (AvgIpc) is 2.65. The van der Waals surface area contributed by atoms with Crippen LogP contribution in [0, 0.1) is 0 Å². The summed E-state index contributed by atoms with van der Waals surface area (Å²) in [5.41, 5.74) is 7.05. The first kappa shape index (κ1) is 21.7. The summed E-state index contributed by atoms with van der Waals surface area (Å²) in [6, 6.07) is 15.0. The zero-order valence-electron chi connectivity index (χ0n) is 16.2. The molecule has 0 aromatic heterocycles. The summed E-state index contributed by atoms with van der Waals surface area (Å²) in [5, 5.41) is 3.62. The lowest BCUT2D eigenvalue weighted by atomic mass is 10.2. The molecule has 2 amide bonds. The number of nitrogens with zero attached hydrogens (tertiary/aromatic N) is 1. The van der Waals surface area contributed by atoms with Gasteiger partial charge in [0.2, 0.25) is 5.91 Å². The minimum atomic E-state index is -0.524. The number of benzene rings is 2. The van der Waals surface area contributed by atoms with E-state index in [1.54, 1.807) is 12.1 Å². The molecule has 7 heteroatoms. The number of nitrogens with one attached hydrogen (secondary N) is 1. The topological polar surface area (TPSA) is 84.7 Å². The lowest BCUT2D eigenvalue weighted by Crippen LogP contribution is -2.40. The normalized spacial score (nSPS) is 10.9. The molecule has 6 nitrogen and oxygen atoms in total. The molecule has 0 aliphatic rings. The highest BCUT2D eigenvalue weighted by Gasteiger charge is 2.14. The first-order chi connectivity index (χ1) is 13.3. The van der Waals surface area contributed by atoms with E-state index in [-0.39, 0.29) is 18.6 Å². The van der Waals surface area contributed by atoms with E-state index in [0.29, 0.717) is 30.4 Å². The van der Waals surface area contributed by atoms with Gasteiger partial charge in [0, 0.05) is 24.2 Å². The average molecular weight is 404 g/mol. The van der Waals surface area contributed by atoms with Crippen molar-refractivity contribution in [1.29, 1.82) is 0 Å². The molecule has 28 heavy (non-hydrogen) atoms. The molecule has 150 valence electrons. The van der Waals surface area contributed by atoms with Gasteiger partial charge >= 0.3 is 0 Å². The fraction of sp³-hybridized carbons (Fsp3) is 0.333. The molecular weight excluding hydrogens is 378 g/mol. The highest BCUT2D eigenvalue weighted by atomic mass is 35.5. The third kappa shape index (κ3) is 7.58. The molecule has 0 aliphatic heterocycles. The smallest absolute Gasteiger partial charge is 0.255 e. The van der Waals surface area contributed by atoms with E-state index in [2.05, 4.69) is 24.1 Å². The zero-order chi connectivity index (χ0) is 20.5. The highest BCUT2D eigenvalue weighted by Crippen LogP contribution is 2.14. The van der Waals surface area contributed by atoms with E-state index in [0.717, 1.165) is 11.1 Å². The Morgan fingerprint density at radius 1 is 1.14 bits per heavy atom. The number of hydrogen-bond acceptors (Lipinski definition) is 4. The highest BCUT2D eigenvalue weighted by molar-refractivity contribution is 6.30. The van der Waals surface area contributed by atoms with Crippen LogP contribution in [0.4, 0.5) is 0 Å². The summed E-state index contributed by atoms with van der Waals surface area (Å²) in [6.07, 6.45) is 0. The van der Waals surface area contributed by atoms with Crippen LogP contribution >= 0.6 is 11.6 Å². The summed E-state index contributed by atoms with van der Waals surface area (Å²) in [4.78, 5) is 25.2. The maximum absolute atomic E-state index is 12.4. The van der Waals surface area contributed by atoms with Crippen molar-refractivity contribution >= 4 is 23.4 Å². The van der Waals surface area contributed by atoms with Gasteiger partial charge in [-0.1, -0.05) is 35.9 Å². The third-order valence-corrected chi connectivity index (χ3v) is 4.38. The van der Waals surface area contributed by atoms with Crippen LogP contribution < -0.4 is 15.8 Å². The number of carbonyl (C=O) groups is 2. The Kier molecular flexibility index (Phi) is 8.29. The molecule has 0 aliphatic carbocycles. The van der Waals surface area contributed by atoms with Crippen molar-refractivity contribution in [2.75, 3.05) is 13.2 Å². The van der Waals surface area contributed by atoms with E-state index in [4.69, 9.17) is 22.1 Å². The van der Waals surface area contributed by atoms with Gasteiger partial charge in [0.15, 0.2) is 6.61 Å². The Bertz CT molecular complexity index is 794. The van der Waals surface area contributed by atoms with Gasteiger partial charge in [-0.25, -0.2) is 0 Å². The minimum Gasteiger partial charge on any atom is -0.484 e. The zero-order valence-corrected chi connectivity index (χ0v) is 16.9. The Morgan fingerprint density at radius 2 is 1.86 bits per heavy atom. The van der Waals surface area contributed by atoms with E-state index in [1.807, 2.05) is 36.4 Å². The molecule has 0 bridgehead atoms. The SMILES string of the molecule is CC(C)N(CC(=O)NCc1ccc(OCC(N)=O)cc1)Cc1cccc(Cl)c1. The van der Waals surface area contributed by atoms with Gasteiger partial charge in [0.25, 0.3) is 5.91 Å². The Balaban J connectivity index is 1.84.